The molecule has 0 aliphatic carbocycles. The summed E-state index contributed by atoms with van der Waals surface area (Å²) in [5.74, 6) is -1.55. The molecule has 4 nitrogen and oxygen atoms in total. The Morgan fingerprint density at radius 3 is 2.36 bits per heavy atom. The van der Waals surface area contributed by atoms with Crippen LogP contribution in [0.15, 0.2) is 12.2 Å². The van der Waals surface area contributed by atoms with Crippen LogP contribution in [0.4, 0.5) is 0 Å². The summed E-state index contributed by atoms with van der Waals surface area (Å²) in [7, 11) is 1.27. The Balaban J connectivity index is 3.44. The van der Waals surface area contributed by atoms with Crippen molar-refractivity contribution in [2.45, 2.75) is 12.8 Å². The first-order chi connectivity index (χ1) is 5.16. The van der Waals surface area contributed by atoms with Crippen LogP contribution in [0.3, 0.4) is 0 Å². The third kappa shape index (κ3) is 6.57. The normalized spacial score (nSPS) is 9.91. The highest BCUT2D eigenvalue weighted by molar-refractivity contribution is 5.71. The second-order valence-corrected chi connectivity index (χ2v) is 1.83. The molecule has 62 valence electrons. The number of carboxylic acid groups (broad SMARTS) is 1. The summed E-state index contributed by atoms with van der Waals surface area (Å²) in [6.07, 6.45) is 2.72. The molecule has 0 amide bonds. The third-order valence-corrected chi connectivity index (χ3v) is 0.963. The molecule has 0 saturated heterocycles. The number of carbonyl (C=O) groups excluding carboxylic acids is 2. The molecule has 0 fully saturated rings. The second-order valence-electron chi connectivity index (χ2n) is 1.83. The van der Waals surface area contributed by atoms with Gasteiger partial charge >= 0.3 is 5.97 Å². The molecule has 0 aromatic carbocycles. The fraction of sp³-hybridized carbons (Fsp3) is 0.429. The average molecular weight is 157 g/mol. The largest absolute Gasteiger partial charge is 0.550 e. The SMILES string of the molecule is COC(=O)CC=CCC(=O)[O-]. The molecular formula is C7H9O4-. The van der Waals surface area contributed by atoms with Crippen molar-refractivity contribution < 1.29 is 19.4 Å². The molecule has 0 aliphatic heterocycles. The molecule has 11 heavy (non-hydrogen) atoms. The van der Waals surface area contributed by atoms with Gasteiger partial charge in [-0.05, 0) is 0 Å². The minimum atomic E-state index is -1.16. The van der Waals surface area contributed by atoms with E-state index in [-0.39, 0.29) is 18.8 Å². The van der Waals surface area contributed by atoms with E-state index in [1.54, 1.807) is 0 Å². The maximum Gasteiger partial charge on any atom is 0.309 e. The van der Waals surface area contributed by atoms with E-state index in [2.05, 4.69) is 4.74 Å². The number of aliphatic carboxylic acids is 1. The van der Waals surface area contributed by atoms with Gasteiger partial charge in [0.05, 0.1) is 13.5 Å². The molecule has 0 rings (SSSR count). The highest BCUT2D eigenvalue weighted by Crippen LogP contribution is 1.88. The van der Waals surface area contributed by atoms with E-state index in [0.29, 0.717) is 0 Å². The molecule has 0 saturated carbocycles. The minimum absolute atomic E-state index is 0.101. The van der Waals surface area contributed by atoms with E-state index < -0.39 is 5.97 Å². The first-order valence-corrected chi connectivity index (χ1v) is 3.08. The van der Waals surface area contributed by atoms with Crippen LogP contribution in [-0.4, -0.2) is 19.0 Å². The Kier molecular flexibility index (Phi) is 4.81. The van der Waals surface area contributed by atoms with Crippen molar-refractivity contribution in [3.8, 4) is 0 Å². The summed E-state index contributed by atoms with van der Waals surface area (Å²) >= 11 is 0. The van der Waals surface area contributed by atoms with Crippen LogP contribution in [0.2, 0.25) is 0 Å². The highest BCUT2D eigenvalue weighted by Gasteiger charge is 1.92. The van der Waals surface area contributed by atoms with Gasteiger partial charge in [0.25, 0.3) is 0 Å². The van der Waals surface area contributed by atoms with Gasteiger partial charge in [0.2, 0.25) is 0 Å². The van der Waals surface area contributed by atoms with Gasteiger partial charge in [-0.25, -0.2) is 0 Å². The molecule has 0 aromatic heterocycles. The van der Waals surface area contributed by atoms with Gasteiger partial charge in [-0.3, -0.25) is 4.79 Å². The van der Waals surface area contributed by atoms with Gasteiger partial charge in [-0.2, -0.15) is 0 Å². The summed E-state index contributed by atoms with van der Waals surface area (Å²) in [6.45, 7) is 0. The topological polar surface area (TPSA) is 66.4 Å². The average Bonchev–Trinajstić information content (AvgIpc) is 1.97. The van der Waals surface area contributed by atoms with Crippen LogP contribution in [0.25, 0.3) is 0 Å². The Hall–Kier alpha value is -1.32. The fourth-order valence-corrected chi connectivity index (χ4v) is 0.442. The number of esters is 1. The van der Waals surface area contributed by atoms with Gasteiger partial charge in [-0.15, -0.1) is 0 Å². The number of rotatable bonds is 4. The van der Waals surface area contributed by atoms with Crippen LogP contribution < -0.4 is 5.11 Å². The van der Waals surface area contributed by atoms with Gasteiger partial charge in [0.15, 0.2) is 0 Å². The monoisotopic (exact) mass is 157 g/mol. The first-order valence-electron chi connectivity index (χ1n) is 3.08. The van der Waals surface area contributed by atoms with Crippen LogP contribution in [0.1, 0.15) is 12.8 Å². The van der Waals surface area contributed by atoms with Crippen molar-refractivity contribution in [3.05, 3.63) is 12.2 Å². The van der Waals surface area contributed by atoms with Crippen molar-refractivity contribution in [1.82, 2.24) is 0 Å². The lowest BCUT2D eigenvalue weighted by Crippen LogP contribution is -2.20. The number of carboxylic acids is 1. The fourth-order valence-electron chi connectivity index (χ4n) is 0.442. The number of ether oxygens (including phenoxy) is 1. The molecular weight excluding hydrogens is 148 g/mol. The summed E-state index contributed by atoms with van der Waals surface area (Å²) < 4.78 is 4.30. The van der Waals surface area contributed by atoms with Crippen molar-refractivity contribution in [2.24, 2.45) is 0 Å². The molecule has 0 N–H and O–H groups in total. The van der Waals surface area contributed by atoms with E-state index in [4.69, 9.17) is 0 Å². The summed E-state index contributed by atoms with van der Waals surface area (Å²) in [6, 6.07) is 0. The van der Waals surface area contributed by atoms with E-state index in [1.165, 1.54) is 19.3 Å². The van der Waals surface area contributed by atoms with E-state index in [1.807, 2.05) is 0 Å². The molecule has 0 aliphatic rings. The standard InChI is InChI=1S/C7H10O4/c1-11-7(10)5-3-2-4-6(8)9/h2-3H,4-5H2,1H3,(H,8,9)/p-1. The number of hydrogen-bond donors (Lipinski definition) is 0. The summed E-state index contributed by atoms with van der Waals surface area (Å²) in [5.41, 5.74) is 0. The lowest BCUT2D eigenvalue weighted by Gasteiger charge is -1.94. The van der Waals surface area contributed by atoms with Gasteiger partial charge in [0, 0.05) is 12.4 Å². The predicted molar refractivity (Wildman–Crippen MR) is 35.4 cm³/mol. The van der Waals surface area contributed by atoms with E-state index >= 15 is 0 Å². The van der Waals surface area contributed by atoms with Crippen LogP contribution in [0.5, 0.6) is 0 Å². The molecule has 4 heteroatoms. The predicted octanol–water partition coefficient (Wildman–Crippen LogP) is -0.754. The molecule has 0 bridgehead atoms. The number of hydrogen-bond acceptors (Lipinski definition) is 4. The lowest BCUT2D eigenvalue weighted by atomic mass is 10.3. The van der Waals surface area contributed by atoms with Crippen molar-refractivity contribution in [1.29, 1.82) is 0 Å². The van der Waals surface area contributed by atoms with Crippen LogP contribution in [0, 0.1) is 0 Å². The molecule has 0 spiro atoms. The Morgan fingerprint density at radius 1 is 1.36 bits per heavy atom. The summed E-state index contributed by atoms with van der Waals surface area (Å²) in [5, 5.41) is 9.83. The third-order valence-electron chi connectivity index (χ3n) is 0.963. The van der Waals surface area contributed by atoms with Gasteiger partial charge < -0.3 is 14.6 Å². The first kappa shape index (κ1) is 9.68. The molecule has 0 aromatic rings. The van der Waals surface area contributed by atoms with Crippen LogP contribution in [-0.2, 0) is 14.3 Å². The Labute approximate surface area is 64.5 Å². The molecule has 0 heterocycles. The Bertz CT molecular complexity index is 171. The highest BCUT2D eigenvalue weighted by atomic mass is 16.5. The minimum Gasteiger partial charge on any atom is -0.550 e. The zero-order valence-corrected chi connectivity index (χ0v) is 6.20. The number of carbonyl (C=O) groups is 2. The smallest absolute Gasteiger partial charge is 0.309 e. The zero-order valence-electron chi connectivity index (χ0n) is 6.20. The lowest BCUT2D eigenvalue weighted by molar-refractivity contribution is -0.304. The molecule has 0 atom stereocenters. The summed E-state index contributed by atoms with van der Waals surface area (Å²) in [4.78, 5) is 20.3. The molecule has 0 radical (unpaired) electrons. The zero-order chi connectivity index (χ0) is 8.69. The van der Waals surface area contributed by atoms with E-state index in [0.717, 1.165) is 0 Å². The number of methoxy groups -OCH3 is 1. The quantitative estimate of drug-likeness (QED) is 0.397. The van der Waals surface area contributed by atoms with Crippen molar-refractivity contribution in [3.63, 3.8) is 0 Å². The van der Waals surface area contributed by atoms with Gasteiger partial charge in [-0.1, -0.05) is 12.2 Å². The van der Waals surface area contributed by atoms with Gasteiger partial charge in [0.1, 0.15) is 0 Å². The van der Waals surface area contributed by atoms with E-state index in [9.17, 15) is 14.7 Å². The van der Waals surface area contributed by atoms with Crippen LogP contribution >= 0.6 is 0 Å². The van der Waals surface area contributed by atoms with Crippen molar-refractivity contribution in [2.75, 3.05) is 7.11 Å². The maximum absolute atomic E-state index is 10.4. The van der Waals surface area contributed by atoms with Crippen molar-refractivity contribution >= 4 is 11.9 Å². The second kappa shape index (κ2) is 5.46. The Morgan fingerprint density at radius 2 is 1.91 bits per heavy atom. The maximum atomic E-state index is 10.4. The molecule has 0 unspecified atom stereocenters.